The Kier molecular flexibility index (Phi) is 4.13. The van der Waals surface area contributed by atoms with E-state index >= 15 is 0 Å². The van der Waals surface area contributed by atoms with E-state index in [1.54, 1.807) is 18.7 Å². The number of nitrogens with zero attached hydrogens (tertiary/aromatic N) is 2. The zero-order valence-electron chi connectivity index (χ0n) is 12.1. The second-order valence-corrected chi connectivity index (χ2v) is 6.09. The average molecular weight is 282 g/mol. The van der Waals surface area contributed by atoms with Crippen LogP contribution in [0.1, 0.15) is 46.0 Å². The molecule has 2 aliphatic rings. The van der Waals surface area contributed by atoms with Gasteiger partial charge in [-0.15, -0.1) is 0 Å². The molecule has 1 unspecified atom stereocenters. The quantitative estimate of drug-likeness (QED) is 0.752. The van der Waals surface area contributed by atoms with Gasteiger partial charge in [0, 0.05) is 32.4 Å². The van der Waals surface area contributed by atoms with E-state index in [1.165, 1.54) is 4.90 Å². The van der Waals surface area contributed by atoms with E-state index in [2.05, 4.69) is 0 Å². The third kappa shape index (κ3) is 3.00. The van der Waals surface area contributed by atoms with Crippen molar-refractivity contribution in [3.63, 3.8) is 0 Å². The molecule has 0 spiro atoms. The molecule has 6 heteroatoms. The summed E-state index contributed by atoms with van der Waals surface area (Å²) in [4.78, 5) is 38.1. The topological polar surface area (TPSA) is 77.9 Å². The predicted molar refractivity (Wildman–Crippen MR) is 71.6 cm³/mol. The van der Waals surface area contributed by atoms with E-state index in [9.17, 15) is 19.5 Å². The second kappa shape index (κ2) is 5.52. The van der Waals surface area contributed by atoms with Crippen molar-refractivity contribution in [2.75, 3.05) is 13.1 Å². The third-order valence-electron chi connectivity index (χ3n) is 4.09. The summed E-state index contributed by atoms with van der Waals surface area (Å²) < 4.78 is 0. The van der Waals surface area contributed by atoms with Gasteiger partial charge in [0.2, 0.25) is 17.7 Å². The molecule has 2 aliphatic heterocycles. The summed E-state index contributed by atoms with van der Waals surface area (Å²) in [5.41, 5.74) is -0.925. The van der Waals surface area contributed by atoms with Crippen molar-refractivity contribution in [3.8, 4) is 0 Å². The summed E-state index contributed by atoms with van der Waals surface area (Å²) in [6.07, 6.45) is 2.31. The van der Waals surface area contributed by atoms with Gasteiger partial charge in [0.25, 0.3) is 0 Å². The van der Waals surface area contributed by atoms with Gasteiger partial charge in [0.1, 0.15) is 0 Å². The van der Waals surface area contributed by atoms with Crippen LogP contribution >= 0.6 is 0 Å². The van der Waals surface area contributed by atoms with Gasteiger partial charge < -0.3 is 10.0 Å². The van der Waals surface area contributed by atoms with Gasteiger partial charge in [-0.1, -0.05) is 0 Å². The van der Waals surface area contributed by atoms with Crippen LogP contribution in [0, 0.1) is 0 Å². The Hall–Kier alpha value is -1.43. The van der Waals surface area contributed by atoms with E-state index in [4.69, 9.17) is 0 Å². The Labute approximate surface area is 118 Å². The van der Waals surface area contributed by atoms with E-state index < -0.39 is 5.60 Å². The maximum atomic E-state index is 12.2. The number of rotatable bonds is 4. The van der Waals surface area contributed by atoms with Crippen molar-refractivity contribution in [1.29, 1.82) is 0 Å². The lowest BCUT2D eigenvalue weighted by atomic mass is 9.96. The third-order valence-corrected chi connectivity index (χ3v) is 4.09. The number of aliphatic hydroxyl groups is 1. The Bertz CT molecular complexity index is 411. The van der Waals surface area contributed by atoms with Crippen molar-refractivity contribution in [2.45, 2.75) is 57.6 Å². The number of amides is 3. The van der Waals surface area contributed by atoms with E-state index in [0.717, 1.165) is 12.8 Å². The summed E-state index contributed by atoms with van der Waals surface area (Å²) in [6, 6.07) is -0.181. The molecule has 2 rings (SSSR count). The van der Waals surface area contributed by atoms with Crippen LogP contribution in [0.3, 0.4) is 0 Å². The Balaban J connectivity index is 1.92. The van der Waals surface area contributed by atoms with E-state index in [-0.39, 0.29) is 49.6 Å². The standard InChI is InChI=1S/C14H22N2O4/c1-14(2,20)10-4-3-8-15(10)13(19)7-9-16-11(17)5-6-12(16)18/h10,20H,3-9H2,1-2H3. The average Bonchev–Trinajstić information content (AvgIpc) is 2.94. The summed E-state index contributed by atoms with van der Waals surface area (Å²) >= 11 is 0. The monoisotopic (exact) mass is 282 g/mol. The van der Waals surface area contributed by atoms with Crippen LogP contribution in [0.5, 0.6) is 0 Å². The van der Waals surface area contributed by atoms with Crippen LogP contribution < -0.4 is 0 Å². The normalized spacial score (nSPS) is 23.9. The molecular formula is C14H22N2O4. The lowest BCUT2D eigenvalue weighted by Crippen LogP contribution is -2.48. The molecule has 6 nitrogen and oxygen atoms in total. The highest BCUT2D eigenvalue weighted by Crippen LogP contribution is 2.27. The van der Waals surface area contributed by atoms with Gasteiger partial charge in [0.15, 0.2) is 0 Å². The molecule has 0 saturated carbocycles. The molecule has 2 heterocycles. The minimum absolute atomic E-state index is 0.0953. The van der Waals surface area contributed by atoms with Crippen LogP contribution in [-0.4, -0.2) is 57.4 Å². The predicted octanol–water partition coefficient (Wildman–Crippen LogP) is 0.287. The van der Waals surface area contributed by atoms with Crippen molar-refractivity contribution in [3.05, 3.63) is 0 Å². The molecule has 0 aromatic rings. The molecule has 112 valence electrons. The highest BCUT2D eigenvalue weighted by Gasteiger charge is 2.38. The van der Waals surface area contributed by atoms with Gasteiger partial charge in [-0.05, 0) is 26.7 Å². The first-order chi connectivity index (χ1) is 9.30. The number of likely N-dealkylation sites (tertiary alicyclic amines) is 2. The summed E-state index contributed by atoms with van der Waals surface area (Å²) in [5.74, 6) is -0.478. The molecule has 1 atom stereocenters. The van der Waals surface area contributed by atoms with Gasteiger partial charge in [-0.2, -0.15) is 0 Å². The smallest absolute Gasteiger partial charge is 0.229 e. The molecule has 20 heavy (non-hydrogen) atoms. The van der Waals surface area contributed by atoms with Crippen LogP contribution in [0.25, 0.3) is 0 Å². The Morgan fingerprint density at radius 2 is 1.90 bits per heavy atom. The summed E-state index contributed by atoms with van der Waals surface area (Å²) in [5, 5.41) is 10.1. The Morgan fingerprint density at radius 1 is 1.30 bits per heavy atom. The van der Waals surface area contributed by atoms with Gasteiger partial charge in [-0.3, -0.25) is 19.3 Å². The van der Waals surface area contributed by atoms with Gasteiger partial charge >= 0.3 is 0 Å². The molecule has 2 saturated heterocycles. The fourth-order valence-electron chi connectivity index (χ4n) is 3.02. The van der Waals surface area contributed by atoms with E-state index in [0.29, 0.717) is 6.54 Å². The Morgan fingerprint density at radius 3 is 2.45 bits per heavy atom. The molecule has 1 N–H and O–H groups in total. The van der Waals surface area contributed by atoms with Gasteiger partial charge in [-0.25, -0.2) is 0 Å². The number of hydrogen-bond acceptors (Lipinski definition) is 4. The molecule has 0 bridgehead atoms. The lowest BCUT2D eigenvalue weighted by molar-refractivity contribution is -0.141. The van der Waals surface area contributed by atoms with Crippen LogP contribution in [0.4, 0.5) is 0 Å². The van der Waals surface area contributed by atoms with E-state index in [1.807, 2.05) is 0 Å². The zero-order chi connectivity index (χ0) is 14.9. The molecule has 0 radical (unpaired) electrons. The number of imide groups is 1. The first-order valence-electron chi connectivity index (χ1n) is 7.16. The van der Waals surface area contributed by atoms with Crippen molar-refractivity contribution in [2.24, 2.45) is 0 Å². The molecule has 0 aromatic heterocycles. The number of carbonyl (C=O) groups is 3. The molecule has 0 aliphatic carbocycles. The number of carbonyl (C=O) groups excluding carboxylic acids is 3. The van der Waals surface area contributed by atoms with Crippen LogP contribution in [0.15, 0.2) is 0 Å². The maximum absolute atomic E-state index is 12.2. The SMILES string of the molecule is CC(C)(O)C1CCCN1C(=O)CCN1C(=O)CCC1=O. The molecular weight excluding hydrogens is 260 g/mol. The molecule has 0 aromatic carbocycles. The van der Waals surface area contributed by atoms with Crippen molar-refractivity contribution >= 4 is 17.7 Å². The van der Waals surface area contributed by atoms with Crippen LogP contribution in [-0.2, 0) is 14.4 Å². The fourth-order valence-corrected chi connectivity index (χ4v) is 3.02. The minimum atomic E-state index is -0.925. The van der Waals surface area contributed by atoms with Crippen LogP contribution in [0.2, 0.25) is 0 Å². The second-order valence-electron chi connectivity index (χ2n) is 6.09. The lowest BCUT2D eigenvalue weighted by Gasteiger charge is -2.34. The largest absolute Gasteiger partial charge is 0.388 e. The fraction of sp³-hybridized carbons (Fsp3) is 0.786. The summed E-state index contributed by atoms with van der Waals surface area (Å²) in [7, 11) is 0. The first kappa shape index (κ1) is 15.0. The van der Waals surface area contributed by atoms with Crippen molar-refractivity contribution in [1.82, 2.24) is 9.80 Å². The van der Waals surface area contributed by atoms with Gasteiger partial charge in [0.05, 0.1) is 11.6 Å². The maximum Gasteiger partial charge on any atom is 0.229 e. The van der Waals surface area contributed by atoms with Crippen molar-refractivity contribution < 1.29 is 19.5 Å². The first-order valence-corrected chi connectivity index (χ1v) is 7.16. The molecule has 3 amide bonds. The number of hydrogen-bond donors (Lipinski definition) is 1. The summed E-state index contributed by atoms with van der Waals surface area (Å²) in [6.45, 7) is 4.20. The minimum Gasteiger partial charge on any atom is -0.388 e. The highest BCUT2D eigenvalue weighted by molar-refractivity contribution is 6.02. The highest BCUT2D eigenvalue weighted by atomic mass is 16.3. The molecule has 2 fully saturated rings. The zero-order valence-corrected chi connectivity index (χ0v) is 12.1.